The molecule has 4 aromatic rings. The van der Waals surface area contributed by atoms with E-state index in [0.717, 1.165) is 4.90 Å². The third kappa shape index (κ3) is 2.48. The van der Waals surface area contributed by atoms with Gasteiger partial charge in [0.25, 0.3) is 11.8 Å². The summed E-state index contributed by atoms with van der Waals surface area (Å²) in [6, 6.07) is 12.7. The van der Waals surface area contributed by atoms with Crippen LogP contribution in [0.3, 0.4) is 0 Å². The Morgan fingerprint density at radius 3 is 2.59 bits per heavy atom. The minimum absolute atomic E-state index is 0.179. The van der Waals surface area contributed by atoms with Gasteiger partial charge < -0.3 is 0 Å². The van der Waals surface area contributed by atoms with E-state index in [1.807, 2.05) is 0 Å². The Labute approximate surface area is 169 Å². The molecule has 1 aliphatic heterocycles. The second-order valence-electron chi connectivity index (χ2n) is 6.62. The van der Waals surface area contributed by atoms with Crippen molar-refractivity contribution in [1.82, 2.24) is 14.8 Å². The van der Waals surface area contributed by atoms with Crippen molar-refractivity contribution in [3.05, 3.63) is 82.4 Å². The number of pyridine rings is 1. The number of para-hydroxylation sites is 1. The van der Waals surface area contributed by atoms with Crippen LogP contribution in [0.4, 0.5) is 10.1 Å². The molecule has 0 radical (unpaired) electrons. The van der Waals surface area contributed by atoms with Crippen molar-refractivity contribution in [2.45, 2.75) is 6.92 Å². The number of fused-ring (bicyclic) bond motifs is 3. The summed E-state index contributed by atoms with van der Waals surface area (Å²) >= 11 is 6.03. The second-order valence-corrected chi connectivity index (χ2v) is 7.06. The Morgan fingerprint density at radius 2 is 1.83 bits per heavy atom. The third-order valence-corrected chi connectivity index (χ3v) is 5.10. The molecule has 0 saturated carbocycles. The average molecular weight is 407 g/mol. The van der Waals surface area contributed by atoms with Crippen molar-refractivity contribution in [3.8, 4) is 5.69 Å². The van der Waals surface area contributed by atoms with Crippen LogP contribution < -0.4 is 4.90 Å². The highest BCUT2D eigenvalue weighted by molar-refractivity contribution is 6.38. The van der Waals surface area contributed by atoms with Crippen molar-refractivity contribution in [3.63, 3.8) is 0 Å². The van der Waals surface area contributed by atoms with Gasteiger partial charge in [0.15, 0.2) is 5.65 Å². The van der Waals surface area contributed by atoms with Gasteiger partial charge in [0, 0.05) is 11.2 Å². The van der Waals surface area contributed by atoms with E-state index in [4.69, 9.17) is 11.6 Å². The van der Waals surface area contributed by atoms with Crippen LogP contribution in [0.5, 0.6) is 0 Å². The fourth-order valence-corrected chi connectivity index (χ4v) is 3.79. The van der Waals surface area contributed by atoms with E-state index >= 15 is 0 Å². The summed E-state index contributed by atoms with van der Waals surface area (Å²) in [5, 5.41) is 5.21. The molecule has 8 heteroatoms. The number of hydrogen-bond acceptors (Lipinski definition) is 4. The van der Waals surface area contributed by atoms with E-state index in [1.54, 1.807) is 49.4 Å². The number of rotatable bonds is 2. The largest absolute Gasteiger partial charge is 0.268 e. The molecule has 2 aromatic carbocycles. The number of carbonyl (C=O) groups is 2. The van der Waals surface area contributed by atoms with E-state index in [0.29, 0.717) is 27.4 Å². The smallest absolute Gasteiger partial charge is 0.267 e. The third-order valence-electron chi connectivity index (χ3n) is 4.87. The number of imide groups is 1. The molecular formula is C21H12ClFN4O2. The molecule has 142 valence electrons. The van der Waals surface area contributed by atoms with E-state index < -0.39 is 17.6 Å². The van der Waals surface area contributed by atoms with Crippen molar-refractivity contribution in [2.75, 3.05) is 4.90 Å². The first-order valence-electron chi connectivity index (χ1n) is 8.75. The van der Waals surface area contributed by atoms with E-state index in [2.05, 4.69) is 10.1 Å². The lowest BCUT2D eigenvalue weighted by molar-refractivity contribution is 0.0926. The van der Waals surface area contributed by atoms with E-state index in [1.165, 1.54) is 16.9 Å². The van der Waals surface area contributed by atoms with Gasteiger partial charge >= 0.3 is 0 Å². The predicted molar refractivity (Wildman–Crippen MR) is 106 cm³/mol. The van der Waals surface area contributed by atoms with Crippen molar-refractivity contribution < 1.29 is 14.0 Å². The SMILES string of the molecule is Cc1nn(-c2ccccc2F)c2ncc3c(c12)C(=O)N(c1cccc(Cl)c1)C3=O. The minimum Gasteiger partial charge on any atom is -0.268 e. The summed E-state index contributed by atoms with van der Waals surface area (Å²) in [6.07, 6.45) is 1.33. The summed E-state index contributed by atoms with van der Waals surface area (Å²) in [5.41, 5.74) is 1.75. The molecule has 0 N–H and O–H groups in total. The van der Waals surface area contributed by atoms with Crippen molar-refractivity contribution >= 4 is 40.1 Å². The number of anilines is 1. The summed E-state index contributed by atoms with van der Waals surface area (Å²) in [5.74, 6) is -1.45. The maximum Gasteiger partial charge on any atom is 0.267 e. The fourth-order valence-electron chi connectivity index (χ4n) is 3.60. The lowest BCUT2D eigenvalue weighted by Crippen LogP contribution is -2.29. The molecule has 0 fully saturated rings. The van der Waals surface area contributed by atoms with Gasteiger partial charge in [-0.2, -0.15) is 5.10 Å². The van der Waals surface area contributed by atoms with Gasteiger partial charge in [-0.25, -0.2) is 19.0 Å². The number of halogens is 2. The molecule has 1 aliphatic rings. The highest BCUT2D eigenvalue weighted by Crippen LogP contribution is 2.35. The van der Waals surface area contributed by atoms with Gasteiger partial charge in [-0.05, 0) is 37.3 Å². The first-order chi connectivity index (χ1) is 14.0. The average Bonchev–Trinajstić information content (AvgIpc) is 3.16. The molecule has 0 bridgehead atoms. The maximum absolute atomic E-state index is 14.3. The Hall–Kier alpha value is -3.58. The Morgan fingerprint density at radius 1 is 1.03 bits per heavy atom. The topological polar surface area (TPSA) is 68.1 Å². The van der Waals surface area contributed by atoms with Crippen LogP contribution in [0.2, 0.25) is 5.02 Å². The van der Waals surface area contributed by atoms with E-state index in [-0.39, 0.29) is 16.8 Å². The van der Waals surface area contributed by atoms with Crippen LogP contribution in [0.25, 0.3) is 16.7 Å². The van der Waals surface area contributed by atoms with Crippen LogP contribution in [-0.2, 0) is 0 Å². The standard InChI is InChI=1S/C21H12ClFN4O2/c1-11-17-18-14(20(28)26(21(18)29)13-6-4-5-12(22)9-13)10-24-19(17)27(25-11)16-8-3-2-7-15(16)23/h2-10H,1H3. The van der Waals surface area contributed by atoms with Crippen LogP contribution >= 0.6 is 11.6 Å². The zero-order chi connectivity index (χ0) is 20.3. The summed E-state index contributed by atoms with van der Waals surface area (Å²) < 4.78 is 15.7. The zero-order valence-corrected chi connectivity index (χ0v) is 15.8. The molecule has 0 saturated heterocycles. The van der Waals surface area contributed by atoms with Gasteiger partial charge in [0.1, 0.15) is 11.5 Å². The predicted octanol–water partition coefficient (Wildman–Crippen LogP) is 4.32. The Balaban J connectivity index is 1.74. The highest BCUT2D eigenvalue weighted by atomic mass is 35.5. The number of aromatic nitrogens is 3. The maximum atomic E-state index is 14.3. The first-order valence-corrected chi connectivity index (χ1v) is 9.13. The molecule has 5 rings (SSSR count). The second kappa shape index (κ2) is 6.22. The number of hydrogen-bond donors (Lipinski definition) is 0. The van der Waals surface area contributed by atoms with E-state index in [9.17, 15) is 14.0 Å². The Bertz CT molecular complexity index is 1350. The van der Waals surface area contributed by atoms with Gasteiger partial charge in [-0.15, -0.1) is 0 Å². The van der Waals surface area contributed by atoms with Crippen molar-refractivity contribution in [1.29, 1.82) is 0 Å². The minimum atomic E-state index is -0.490. The Kier molecular flexibility index (Phi) is 3.75. The normalized spacial score (nSPS) is 13.4. The molecule has 6 nitrogen and oxygen atoms in total. The monoisotopic (exact) mass is 406 g/mol. The van der Waals surface area contributed by atoms with Crippen LogP contribution in [0.15, 0.2) is 54.7 Å². The van der Waals surface area contributed by atoms with Crippen LogP contribution in [0.1, 0.15) is 26.4 Å². The van der Waals surface area contributed by atoms with Gasteiger partial charge in [0.2, 0.25) is 0 Å². The van der Waals surface area contributed by atoms with Crippen LogP contribution in [-0.4, -0.2) is 26.6 Å². The molecule has 0 spiro atoms. The highest BCUT2D eigenvalue weighted by Gasteiger charge is 2.40. The summed E-state index contributed by atoms with van der Waals surface area (Å²) in [4.78, 5) is 31.6. The molecule has 0 atom stereocenters. The lowest BCUT2D eigenvalue weighted by atomic mass is 10.1. The lowest BCUT2D eigenvalue weighted by Gasteiger charge is -2.13. The molecule has 29 heavy (non-hydrogen) atoms. The van der Waals surface area contributed by atoms with Crippen LogP contribution in [0, 0.1) is 12.7 Å². The quantitative estimate of drug-likeness (QED) is 0.465. The first kappa shape index (κ1) is 17.5. The molecule has 3 heterocycles. The number of benzene rings is 2. The zero-order valence-electron chi connectivity index (χ0n) is 15.1. The number of amides is 2. The molecule has 2 aromatic heterocycles. The molecule has 0 unspecified atom stereocenters. The summed E-state index contributed by atoms with van der Waals surface area (Å²) in [7, 11) is 0. The summed E-state index contributed by atoms with van der Waals surface area (Å²) in [6.45, 7) is 1.70. The fraction of sp³-hybridized carbons (Fsp3) is 0.0476. The molecule has 0 aliphatic carbocycles. The number of carbonyl (C=O) groups excluding carboxylic acids is 2. The number of nitrogens with zero attached hydrogens (tertiary/aromatic N) is 4. The van der Waals surface area contributed by atoms with Gasteiger partial charge in [-0.3, -0.25) is 9.59 Å². The molecular weight excluding hydrogens is 395 g/mol. The number of aryl methyl sites for hydroxylation is 1. The molecule has 2 amide bonds. The van der Waals surface area contributed by atoms with Gasteiger partial charge in [-0.1, -0.05) is 29.8 Å². The van der Waals surface area contributed by atoms with Crippen molar-refractivity contribution in [2.24, 2.45) is 0 Å². The van der Waals surface area contributed by atoms with Gasteiger partial charge in [0.05, 0.1) is 27.9 Å².